The Bertz CT molecular complexity index is 998. The highest BCUT2D eigenvalue weighted by molar-refractivity contribution is 5.99. The average molecular weight is 389 g/mol. The van der Waals surface area contributed by atoms with Gasteiger partial charge in [-0.1, -0.05) is 0 Å². The van der Waals surface area contributed by atoms with Gasteiger partial charge in [-0.2, -0.15) is 5.26 Å². The number of hydrogen-bond acceptors (Lipinski definition) is 4. The lowest BCUT2D eigenvalue weighted by Crippen LogP contribution is -2.65. The second kappa shape index (κ2) is 6.55. The molecule has 0 amide bonds. The van der Waals surface area contributed by atoms with Crippen molar-refractivity contribution in [2.75, 3.05) is 6.54 Å². The van der Waals surface area contributed by atoms with E-state index in [1.807, 2.05) is 32.0 Å². The van der Waals surface area contributed by atoms with E-state index in [0.717, 1.165) is 54.7 Å². The van der Waals surface area contributed by atoms with Crippen LogP contribution in [0.3, 0.4) is 0 Å². The van der Waals surface area contributed by atoms with Gasteiger partial charge in [0, 0.05) is 34.7 Å². The van der Waals surface area contributed by atoms with Crippen LogP contribution in [0.1, 0.15) is 59.4 Å². The van der Waals surface area contributed by atoms with Crippen LogP contribution in [0.5, 0.6) is 0 Å². The molecule has 3 heterocycles. The first kappa shape index (κ1) is 18.6. The first-order valence-corrected chi connectivity index (χ1v) is 10.6. The van der Waals surface area contributed by atoms with E-state index in [1.165, 1.54) is 0 Å². The maximum absolute atomic E-state index is 13.3. The fraction of sp³-hybridized carbons (Fsp3) is 0.500. The predicted molar refractivity (Wildman–Crippen MR) is 110 cm³/mol. The number of aliphatic hydroxyl groups is 1. The number of ketones is 1. The number of carbonyl (C=O) groups is 1. The molecular formula is C24H27N3O2. The maximum Gasteiger partial charge on any atom is 0.178 e. The third kappa shape index (κ3) is 3.02. The summed E-state index contributed by atoms with van der Waals surface area (Å²) in [6.07, 6.45) is 4.83. The lowest BCUT2D eigenvalue weighted by Gasteiger charge is -2.59. The SMILES string of the molecule is Cc1cc(C(=O)CN2C3CC4CC2CC(O)(C4)C3)c(C)n1-c1ccc(C#N)cc1. The molecule has 2 saturated carbocycles. The molecule has 2 aliphatic heterocycles. The number of aryl methyl sites for hydroxylation is 1. The monoisotopic (exact) mass is 389 g/mol. The standard InChI is InChI=1S/C24H27N3O2/c1-15-7-22(16(2)27(15)19-5-3-17(13-25)4-6-19)23(28)14-26-20-8-18-9-21(26)12-24(29,10-18)11-20/h3-7,18,20-21,29H,8-12,14H2,1-2H3. The summed E-state index contributed by atoms with van der Waals surface area (Å²) in [4.78, 5) is 15.6. The van der Waals surface area contributed by atoms with Crippen LogP contribution in [0, 0.1) is 31.1 Å². The first-order chi connectivity index (χ1) is 13.9. The molecule has 2 aliphatic carbocycles. The van der Waals surface area contributed by atoms with Crippen molar-refractivity contribution in [1.29, 1.82) is 5.26 Å². The van der Waals surface area contributed by atoms with Gasteiger partial charge in [0.05, 0.1) is 23.8 Å². The third-order valence-electron chi connectivity index (χ3n) is 7.36. The molecule has 1 aromatic heterocycles. The Balaban J connectivity index is 1.39. The Morgan fingerprint density at radius 2 is 1.83 bits per heavy atom. The number of nitriles is 1. The summed E-state index contributed by atoms with van der Waals surface area (Å²) in [5, 5.41) is 19.8. The molecule has 1 N–H and O–H groups in total. The molecule has 2 unspecified atom stereocenters. The number of nitrogens with zero attached hydrogens (tertiary/aromatic N) is 3. The van der Waals surface area contributed by atoms with Gasteiger partial charge in [0.2, 0.25) is 0 Å². The number of hydrogen-bond donors (Lipinski definition) is 1. The molecule has 5 heteroatoms. The average Bonchev–Trinajstić information content (AvgIpc) is 2.97. The maximum atomic E-state index is 13.3. The quantitative estimate of drug-likeness (QED) is 0.813. The molecule has 1 aromatic carbocycles. The zero-order valence-corrected chi connectivity index (χ0v) is 17.1. The zero-order valence-electron chi connectivity index (χ0n) is 17.1. The summed E-state index contributed by atoms with van der Waals surface area (Å²) in [5.74, 6) is 0.794. The van der Waals surface area contributed by atoms with E-state index < -0.39 is 5.60 Å². The van der Waals surface area contributed by atoms with Gasteiger partial charge >= 0.3 is 0 Å². The van der Waals surface area contributed by atoms with Gasteiger partial charge in [-0.3, -0.25) is 9.69 Å². The number of benzene rings is 1. The summed E-state index contributed by atoms with van der Waals surface area (Å²) < 4.78 is 2.09. The molecule has 6 rings (SSSR count). The van der Waals surface area contributed by atoms with Gasteiger partial charge in [0.25, 0.3) is 0 Å². The number of piperidine rings is 2. The molecule has 4 bridgehead atoms. The summed E-state index contributed by atoms with van der Waals surface area (Å²) in [7, 11) is 0. The second-order valence-corrected chi connectivity index (χ2v) is 9.36. The van der Waals surface area contributed by atoms with Crippen molar-refractivity contribution in [1.82, 2.24) is 9.47 Å². The minimum absolute atomic E-state index is 0.164. The molecule has 2 atom stereocenters. The molecular weight excluding hydrogens is 362 g/mol. The van der Waals surface area contributed by atoms with E-state index in [4.69, 9.17) is 5.26 Å². The van der Waals surface area contributed by atoms with Crippen LogP contribution in [0.4, 0.5) is 0 Å². The molecule has 150 valence electrons. The topological polar surface area (TPSA) is 69.3 Å². The van der Waals surface area contributed by atoms with E-state index in [0.29, 0.717) is 30.1 Å². The van der Waals surface area contributed by atoms with Crippen LogP contribution in [0.15, 0.2) is 30.3 Å². The van der Waals surface area contributed by atoms with Crippen LogP contribution in [-0.2, 0) is 0 Å². The number of aromatic nitrogens is 1. The predicted octanol–water partition coefficient (Wildman–Crippen LogP) is 3.53. The summed E-state index contributed by atoms with van der Waals surface area (Å²) in [5.41, 5.74) is 3.85. The van der Waals surface area contributed by atoms with E-state index in [-0.39, 0.29) is 5.78 Å². The van der Waals surface area contributed by atoms with Crippen molar-refractivity contribution < 1.29 is 9.90 Å². The molecule has 5 nitrogen and oxygen atoms in total. The molecule has 4 fully saturated rings. The van der Waals surface area contributed by atoms with E-state index in [9.17, 15) is 9.90 Å². The van der Waals surface area contributed by atoms with Crippen molar-refractivity contribution >= 4 is 5.78 Å². The van der Waals surface area contributed by atoms with E-state index in [2.05, 4.69) is 15.5 Å². The van der Waals surface area contributed by atoms with Crippen LogP contribution >= 0.6 is 0 Å². The Kier molecular flexibility index (Phi) is 4.20. The van der Waals surface area contributed by atoms with Gasteiger partial charge in [-0.25, -0.2) is 0 Å². The lowest BCUT2D eigenvalue weighted by molar-refractivity contribution is -0.154. The van der Waals surface area contributed by atoms with Gasteiger partial charge in [0.1, 0.15) is 0 Å². The van der Waals surface area contributed by atoms with Crippen molar-refractivity contribution in [3.05, 3.63) is 52.8 Å². The van der Waals surface area contributed by atoms with Crippen molar-refractivity contribution in [2.24, 2.45) is 5.92 Å². The molecule has 29 heavy (non-hydrogen) atoms. The highest BCUT2D eigenvalue weighted by Gasteiger charge is 2.53. The second-order valence-electron chi connectivity index (χ2n) is 9.36. The summed E-state index contributed by atoms with van der Waals surface area (Å²) in [6.45, 7) is 4.45. The molecule has 4 aliphatic rings. The van der Waals surface area contributed by atoms with Crippen LogP contribution in [0.25, 0.3) is 5.69 Å². The minimum Gasteiger partial charge on any atom is -0.390 e. The van der Waals surface area contributed by atoms with Gasteiger partial charge < -0.3 is 9.67 Å². The number of rotatable bonds is 4. The van der Waals surface area contributed by atoms with Gasteiger partial charge in [-0.05, 0) is 82.2 Å². The third-order valence-corrected chi connectivity index (χ3v) is 7.36. The summed E-state index contributed by atoms with van der Waals surface area (Å²) in [6, 6.07) is 12.3. The first-order valence-electron chi connectivity index (χ1n) is 10.6. The largest absolute Gasteiger partial charge is 0.390 e. The van der Waals surface area contributed by atoms with Crippen molar-refractivity contribution in [2.45, 2.75) is 63.6 Å². The van der Waals surface area contributed by atoms with Crippen LogP contribution in [0.2, 0.25) is 0 Å². The van der Waals surface area contributed by atoms with Crippen LogP contribution in [-0.4, -0.2) is 44.6 Å². The van der Waals surface area contributed by atoms with Crippen molar-refractivity contribution in [3.63, 3.8) is 0 Å². The molecule has 2 saturated heterocycles. The highest BCUT2D eigenvalue weighted by Crippen LogP contribution is 2.51. The Morgan fingerprint density at radius 3 is 2.41 bits per heavy atom. The number of Topliss-reactive ketones (excluding diaryl/α,β-unsaturated/α-hetero) is 1. The van der Waals surface area contributed by atoms with Crippen LogP contribution < -0.4 is 0 Å². The van der Waals surface area contributed by atoms with Gasteiger partial charge in [0.15, 0.2) is 5.78 Å². The molecule has 0 radical (unpaired) electrons. The normalized spacial score (nSPS) is 30.5. The van der Waals surface area contributed by atoms with Crippen molar-refractivity contribution in [3.8, 4) is 11.8 Å². The smallest absolute Gasteiger partial charge is 0.178 e. The fourth-order valence-corrected chi connectivity index (χ4v) is 6.30. The Hall–Kier alpha value is -2.42. The zero-order chi connectivity index (χ0) is 20.3. The Labute approximate surface area is 171 Å². The molecule has 2 aromatic rings. The fourth-order valence-electron chi connectivity index (χ4n) is 6.30. The number of carbonyl (C=O) groups excluding carboxylic acids is 1. The van der Waals surface area contributed by atoms with Gasteiger partial charge in [-0.15, -0.1) is 0 Å². The highest BCUT2D eigenvalue weighted by atomic mass is 16.3. The van der Waals surface area contributed by atoms with E-state index >= 15 is 0 Å². The Morgan fingerprint density at radius 1 is 1.17 bits per heavy atom. The summed E-state index contributed by atoms with van der Waals surface area (Å²) >= 11 is 0. The minimum atomic E-state index is -0.485. The van der Waals surface area contributed by atoms with E-state index in [1.54, 1.807) is 12.1 Å². The lowest BCUT2D eigenvalue weighted by atomic mass is 9.61. The molecule has 0 spiro atoms.